The van der Waals surface area contributed by atoms with Gasteiger partial charge in [0, 0.05) is 11.8 Å². The van der Waals surface area contributed by atoms with Crippen molar-refractivity contribution in [3.63, 3.8) is 0 Å². The molecule has 4 saturated carbocycles. The van der Waals surface area contributed by atoms with Crippen LogP contribution in [-0.2, 0) is 4.79 Å². The van der Waals surface area contributed by atoms with Crippen molar-refractivity contribution in [2.75, 3.05) is 0 Å². The molecule has 0 aromatic rings. The molecule has 0 unspecified atom stereocenters. The van der Waals surface area contributed by atoms with E-state index in [9.17, 15) is 4.79 Å². The largest absolute Gasteiger partial charge is 0.237 e. The zero-order valence-corrected chi connectivity index (χ0v) is 12.1. The van der Waals surface area contributed by atoms with Crippen LogP contribution in [-0.4, -0.2) is 17.3 Å². The van der Waals surface area contributed by atoms with Crippen molar-refractivity contribution in [3.8, 4) is 0 Å². The first-order chi connectivity index (χ1) is 8.93. The molecule has 0 spiro atoms. The van der Waals surface area contributed by atoms with Crippen LogP contribution in [0.4, 0.5) is 0 Å². The van der Waals surface area contributed by atoms with Gasteiger partial charge in [-0.3, -0.25) is 0 Å². The maximum absolute atomic E-state index is 10.9. The van der Waals surface area contributed by atoms with E-state index in [4.69, 9.17) is 0 Å². The Bertz CT molecular complexity index is 415. The average molecular weight is 261 g/mol. The van der Waals surface area contributed by atoms with Crippen LogP contribution in [0.15, 0.2) is 15.2 Å². The van der Waals surface area contributed by atoms with Gasteiger partial charge in [-0.25, -0.2) is 4.79 Å². The molecule has 0 atom stereocenters. The highest BCUT2D eigenvalue weighted by atomic mass is 16.1. The summed E-state index contributed by atoms with van der Waals surface area (Å²) >= 11 is 0. The van der Waals surface area contributed by atoms with Gasteiger partial charge in [-0.15, -0.1) is 0 Å². The summed E-state index contributed by atoms with van der Waals surface area (Å²) in [5.74, 6) is 2.50. The minimum Gasteiger partial charge on any atom is -0.211 e. The van der Waals surface area contributed by atoms with Crippen LogP contribution in [0.1, 0.15) is 52.9 Å². The number of azo groups is 1. The fraction of sp³-hybridized carbons (Fsp3) is 0.933. The monoisotopic (exact) mass is 261 g/mol. The molecule has 0 aromatic carbocycles. The van der Waals surface area contributed by atoms with E-state index in [1.165, 1.54) is 32.1 Å². The smallest absolute Gasteiger partial charge is 0.211 e. The average Bonchev–Trinajstić information content (AvgIpc) is 2.30. The predicted octanol–water partition coefficient (Wildman–Crippen LogP) is 3.73. The van der Waals surface area contributed by atoms with Crippen LogP contribution in [0.3, 0.4) is 0 Å². The Morgan fingerprint density at radius 2 is 1.53 bits per heavy atom. The Hall–Kier alpha value is -1.02. The molecule has 104 valence electrons. The summed E-state index contributed by atoms with van der Waals surface area (Å²) in [6.07, 6.45) is 7.85. The zero-order valence-electron chi connectivity index (χ0n) is 12.1. The third-order valence-electron chi connectivity index (χ3n) is 5.07. The second-order valence-electron chi connectivity index (χ2n) is 7.66. The van der Waals surface area contributed by atoms with Crippen molar-refractivity contribution in [1.82, 2.24) is 0 Å². The molecule has 19 heavy (non-hydrogen) atoms. The molecule has 4 bridgehead atoms. The molecule has 0 saturated heterocycles. The fourth-order valence-corrected chi connectivity index (χ4v) is 4.55. The van der Waals surface area contributed by atoms with Crippen molar-refractivity contribution in [1.29, 1.82) is 0 Å². The van der Waals surface area contributed by atoms with Crippen LogP contribution in [0, 0.1) is 23.7 Å². The predicted molar refractivity (Wildman–Crippen MR) is 72.5 cm³/mol. The summed E-state index contributed by atoms with van der Waals surface area (Å²) in [4.78, 5) is 15.1. The number of nitrogens with zero attached hydrogens (tertiary/aromatic N) is 3. The Morgan fingerprint density at radius 1 is 1.00 bits per heavy atom. The summed E-state index contributed by atoms with van der Waals surface area (Å²) in [5.41, 5.74) is -0.789. The van der Waals surface area contributed by atoms with E-state index >= 15 is 0 Å². The Morgan fingerprint density at radius 3 is 1.95 bits per heavy atom. The Balaban J connectivity index is 1.97. The van der Waals surface area contributed by atoms with E-state index in [0.717, 1.165) is 11.8 Å². The number of hydrogen-bond acceptors (Lipinski definition) is 4. The van der Waals surface area contributed by atoms with Gasteiger partial charge in [-0.05, 0) is 64.7 Å². The Labute approximate surface area is 114 Å². The van der Waals surface area contributed by atoms with Gasteiger partial charge in [0.15, 0.2) is 5.66 Å². The zero-order chi connectivity index (χ0) is 13.7. The van der Waals surface area contributed by atoms with Gasteiger partial charge < -0.3 is 0 Å². The topological polar surface area (TPSA) is 54.1 Å². The molecule has 0 N–H and O–H groups in total. The molecule has 0 amide bonds. The van der Waals surface area contributed by atoms with Crippen molar-refractivity contribution in [3.05, 3.63) is 0 Å². The minimum atomic E-state index is -0.581. The highest BCUT2D eigenvalue weighted by Crippen LogP contribution is 2.60. The number of aliphatic imine (C=N–C) groups is 1. The second-order valence-corrected chi connectivity index (χ2v) is 7.66. The normalized spacial score (nSPS) is 44.6. The summed E-state index contributed by atoms with van der Waals surface area (Å²) in [7, 11) is 0. The van der Waals surface area contributed by atoms with E-state index < -0.39 is 5.66 Å². The van der Waals surface area contributed by atoms with Gasteiger partial charge >= 0.3 is 0 Å². The maximum atomic E-state index is 10.9. The molecule has 0 aliphatic heterocycles. The summed E-state index contributed by atoms with van der Waals surface area (Å²) in [6.45, 7) is 6.10. The minimum absolute atomic E-state index is 0.208. The maximum Gasteiger partial charge on any atom is 0.237 e. The SMILES string of the molecule is CC(C)(C)N=NC1(N=C=O)C2CC3CC(C2)CC1C3. The molecule has 0 aromatic heterocycles. The molecule has 0 heterocycles. The number of rotatable bonds is 2. The second kappa shape index (κ2) is 4.24. The lowest BCUT2D eigenvalue weighted by Crippen LogP contribution is -2.55. The van der Waals surface area contributed by atoms with Crippen molar-refractivity contribution < 1.29 is 4.79 Å². The van der Waals surface area contributed by atoms with Gasteiger partial charge in [0.1, 0.15) is 0 Å². The molecule has 4 heteroatoms. The van der Waals surface area contributed by atoms with Gasteiger partial charge in [0.2, 0.25) is 6.08 Å². The summed E-state index contributed by atoms with van der Waals surface area (Å²) in [6, 6.07) is 0. The van der Waals surface area contributed by atoms with E-state index in [0.29, 0.717) is 11.8 Å². The van der Waals surface area contributed by atoms with Crippen molar-refractivity contribution in [2.24, 2.45) is 38.9 Å². The van der Waals surface area contributed by atoms with Gasteiger partial charge in [-0.1, -0.05) is 0 Å². The number of isocyanates is 1. The van der Waals surface area contributed by atoms with E-state index in [1.54, 1.807) is 6.08 Å². The van der Waals surface area contributed by atoms with Crippen LogP contribution in [0.5, 0.6) is 0 Å². The first-order valence-electron chi connectivity index (χ1n) is 7.46. The number of hydrogen-bond donors (Lipinski definition) is 0. The van der Waals surface area contributed by atoms with Crippen LogP contribution in [0.2, 0.25) is 0 Å². The van der Waals surface area contributed by atoms with Gasteiger partial charge in [0.05, 0.1) is 5.54 Å². The lowest BCUT2D eigenvalue weighted by atomic mass is 9.51. The Kier molecular flexibility index (Phi) is 2.90. The van der Waals surface area contributed by atoms with Crippen molar-refractivity contribution >= 4 is 6.08 Å². The fourth-order valence-electron chi connectivity index (χ4n) is 4.55. The first-order valence-corrected chi connectivity index (χ1v) is 7.46. The van der Waals surface area contributed by atoms with E-state index in [-0.39, 0.29) is 5.54 Å². The van der Waals surface area contributed by atoms with Crippen LogP contribution < -0.4 is 0 Å². The molecular formula is C15H23N3O. The highest BCUT2D eigenvalue weighted by Gasteiger charge is 2.58. The third kappa shape index (κ3) is 2.16. The first kappa shape index (κ1) is 13.0. The molecule has 4 aliphatic carbocycles. The molecular weight excluding hydrogens is 238 g/mol. The van der Waals surface area contributed by atoms with Crippen LogP contribution >= 0.6 is 0 Å². The summed E-state index contributed by atoms with van der Waals surface area (Å²) < 4.78 is 0. The van der Waals surface area contributed by atoms with Crippen molar-refractivity contribution in [2.45, 2.75) is 64.1 Å². The molecule has 4 rings (SSSR count). The number of carbonyl (C=O) groups excluding carboxylic acids is 1. The molecule has 4 fully saturated rings. The standard InChI is InChI=1S/C15H23N3O/c1-14(2,3)17-18-15(16-9-19)12-5-10-4-11(7-12)8-13(15)6-10/h10-13H,4-8H2,1-3H3. The molecule has 4 nitrogen and oxygen atoms in total. The molecule has 4 aliphatic rings. The quantitative estimate of drug-likeness (QED) is 0.424. The lowest BCUT2D eigenvalue weighted by molar-refractivity contribution is -0.0537. The van der Waals surface area contributed by atoms with Gasteiger partial charge in [0.25, 0.3) is 0 Å². The van der Waals surface area contributed by atoms with E-state index in [2.05, 4.69) is 15.2 Å². The highest BCUT2D eigenvalue weighted by molar-refractivity contribution is 5.36. The summed E-state index contributed by atoms with van der Waals surface area (Å²) in [5, 5.41) is 9.06. The molecule has 0 radical (unpaired) electrons. The third-order valence-corrected chi connectivity index (χ3v) is 5.07. The lowest BCUT2D eigenvalue weighted by Gasteiger charge is -2.56. The van der Waals surface area contributed by atoms with E-state index in [1.807, 2.05) is 20.8 Å². The van der Waals surface area contributed by atoms with Gasteiger partial charge in [-0.2, -0.15) is 15.2 Å². The van der Waals surface area contributed by atoms with Crippen LogP contribution in [0.25, 0.3) is 0 Å².